The minimum Gasteiger partial charge on any atom is -0.337 e. The molecule has 0 amide bonds. The van der Waals surface area contributed by atoms with Gasteiger partial charge in [0.25, 0.3) is 0 Å². The van der Waals surface area contributed by atoms with E-state index in [1.807, 2.05) is 17.8 Å². The van der Waals surface area contributed by atoms with Crippen molar-refractivity contribution < 1.29 is 8.42 Å². The van der Waals surface area contributed by atoms with Gasteiger partial charge in [0.15, 0.2) is 0 Å². The van der Waals surface area contributed by atoms with E-state index in [1.165, 1.54) is 10.4 Å². The number of piperazine rings is 1. The maximum absolute atomic E-state index is 13.2. The first kappa shape index (κ1) is 19.2. The molecule has 1 N–H and O–H groups in total. The molecule has 2 aromatic rings. The fourth-order valence-electron chi connectivity index (χ4n) is 2.87. The van der Waals surface area contributed by atoms with E-state index in [0.29, 0.717) is 30.2 Å². The number of aromatic nitrogens is 2. The van der Waals surface area contributed by atoms with Crippen LogP contribution in [-0.2, 0) is 17.1 Å². The molecule has 2 heterocycles. The van der Waals surface area contributed by atoms with Gasteiger partial charge in [0.1, 0.15) is 5.82 Å². The maximum Gasteiger partial charge on any atom is 0.244 e. The third-order valence-electron chi connectivity index (χ3n) is 4.09. The van der Waals surface area contributed by atoms with Crippen molar-refractivity contribution in [1.82, 2.24) is 19.2 Å². The molecule has 1 saturated heterocycles. The summed E-state index contributed by atoms with van der Waals surface area (Å²) >= 11 is 6.01. The number of nitrogens with zero attached hydrogens (tertiary/aromatic N) is 3. The van der Waals surface area contributed by atoms with Crippen molar-refractivity contribution in [3.05, 3.63) is 47.0 Å². The summed E-state index contributed by atoms with van der Waals surface area (Å²) in [4.78, 5) is 4.58. The number of halogens is 2. The molecule has 1 aromatic carbocycles. The Morgan fingerprint density at radius 3 is 2.79 bits per heavy atom. The third kappa shape index (κ3) is 3.45. The monoisotopic (exact) mass is 390 g/mol. The smallest absolute Gasteiger partial charge is 0.244 e. The summed E-state index contributed by atoms with van der Waals surface area (Å²) in [6.07, 6.45) is 3.50. The van der Waals surface area contributed by atoms with E-state index >= 15 is 0 Å². The zero-order chi connectivity index (χ0) is 16.6. The van der Waals surface area contributed by atoms with Crippen LogP contribution in [0, 0.1) is 6.92 Å². The standard InChI is InChI=1S/C15H19ClN4O2S.ClH/c1-11-3-4-12(16)9-14(11)23(21,22)20-8-5-17-10-13(20)15-18-6-7-19(15)2;/h3-4,6-7,9,13,17H,5,8,10H2,1-2H3;1H. The lowest BCUT2D eigenvalue weighted by atomic mass is 10.2. The predicted molar refractivity (Wildman–Crippen MR) is 96.1 cm³/mol. The van der Waals surface area contributed by atoms with Gasteiger partial charge in [0, 0.05) is 44.1 Å². The second-order valence-corrected chi connectivity index (χ2v) is 7.94. The Hall–Kier alpha value is -1.12. The molecule has 132 valence electrons. The van der Waals surface area contributed by atoms with Crippen molar-refractivity contribution in [2.45, 2.75) is 17.9 Å². The quantitative estimate of drug-likeness (QED) is 0.871. The van der Waals surface area contributed by atoms with Gasteiger partial charge in [-0.05, 0) is 24.6 Å². The number of aryl methyl sites for hydroxylation is 2. The summed E-state index contributed by atoms with van der Waals surface area (Å²) in [5.74, 6) is 0.723. The van der Waals surface area contributed by atoms with Crippen molar-refractivity contribution in [2.24, 2.45) is 7.05 Å². The highest BCUT2D eigenvalue weighted by Crippen LogP contribution is 2.30. The average molecular weight is 391 g/mol. The first-order valence-corrected chi connectivity index (χ1v) is 9.19. The van der Waals surface area contributed by atoms with Crippen molar-refractivity contribution in [3.63, 3.8) is 0 Å². The van der Waals surface area contributed by atoms with Crippen LogP contribution in [0.3, 0.4) is 0 Å². The van der Waals surface area contributed by atoms with Gasteiger partial charge in [-0.15, -0.1) is 12.4 Å². The zero-order valence-corrected chi connectivity index (χ0v) is 15.8. The number of rotatable bonds is 3. The Labute approximate surface area is 153 Å². The van der Waals surface area contributed by atoms with Crippen LogP contribution in [0.5, 0.6) is 0 Å². The van der Waals surface area contributed by atoms with E-state index in [0.717, 1.165) is 5.82 Å². The van der Waals surface area contributed by atoms with E-state index in [9.17, 15) is 8.42 Å². The summed E-state index contributed by atoms with van der Waals surface area (Å²) in [7, 11) is -1.78. The fourth-order valence-corrected chi connectivity index (χ4v) is 4.95. The van der Waals surface area contributed by atoms with Crippen molar-refractivity contribution in [1.29, 1.82) is 0 Å². The van der Waals surface area contributed by atoms with Crippen LogP contribution < -0.4 is 5.32 Å². The van der Waals surface area contributed by atoms with E-state index in [-0.39, 0.29) is 23.3 Å². The van der Waals surface area contributed by atoms with Gasteiger partial charge in [-0.25, -0.2) is 13.4 Å². The molecule has 0 saturated carbocycles. The van der Waals surface area contributed by atoms with Gasteiger partial charge in [0.05, 0.1) is 10.9 Å². The lowest BCUT2D eigenvalue weighted by Gasteiger charge is -2.35. The lowest BCUT2D eigenvalue weighted by molar-refractivity contribution is 0.258. The summed E-state index contributed by atoms with van der Waals surface area (Å²) in [5.41, 5.74) is 0.687. The Bertz CT molecular complexity index is 823. The van der Waals surface area contributed by atoms with E-state index < -0.39 is 10.0 Å². The Balaban J connectivity index is 0.00000208. The van der Waals surface area contributed by atoms with Crippen LogP contribution in [-0.4, -0.2) is 41.9 Å². The van der Waals surface area contributed by atoms with Crippen molar-refractivity contribution in [3.8, 4) is 0 Å². The molecule has 0 spiro atoms. The molecule has 1 aromatic heterocycles. The normalized spacial score (nSPS) is 19.0. The highest BCUT2D eigenvalue weighted by atomic mass is 35.5. The molecule has 1 fully saturated rings. The van der Waals surface area contributed by atoms with Crippen LogP contribution in [0.25, 0.3) is 0 Å². The predicted octanol–water partition coefficient (Wildman–Crippen LogP) is 2.14. The maximum atomic E-state index is 13.2. The molecule has 0 bridgehead atoms. The number of benzene rings is 1. The van der Waals surface area contributed by atoms with Crippen LogP contribution in [0.1, 0.15) is 17.4 Å². The molecule has 24 heavy (non-hydrogen) atoms. The summed E-state index contributed by atoms with van der Waals surface area (Å²) in [6.45, 7) is 3.32. The van der Waals surface area contributed by atoms with Crippen LogP contribution >= 0.6 is 24.0 Å². The molecule has 1 aliphatic rings. The van der Waals surface area contributed by atoms with E-state index in [1.54, 1.807) is 25.3 Å². The number of hydrogen-bond donors (Lipinski definition) is 1. The molecular weight excluding hydrogens is 371 g/mol. The molecule has 1 aliphatic heterocycles. The van der Waals surface area contributed by atoms with Gasteiger partial charge in [-0.2, -0.15) is 4.31 Å². The van der Waals surface area contributed by atoms with Crippen LogP contribution in [0.15, 0.2) is 35.5 Å². The summed E-state index contributed by atoms with van der Waals surface area (Å²) < 4.78 is 29.7. The van der Waals surface area contributed by atoms with Crippen molar-refractivity contribution in [2.75, 3.05) is 19.6 Å². The Morgan fingerprint density at radius 2 is 2.12 bits per heavy atom. The lowest BCUT2D eigenvalue weighted by Crippen LogP contribution is -2.49. The molecule has 6 nitrogen and oxygen atoms in total. The molecule has 1 unspecified atom stereocenters. The second kappa shape index (κ2) is 7.41. The number of nitrogens with one attached hydrogen (secondary N) is 1. The topological polar surface area (TPSA) is 67.2 Å². The average Bonchev–Trinajstić information content (AvgIpc) is 2.95. The molecule has 0 radical (unpaired) electrons. The SMILES string of the molecule is Cc1ccc(Cl)cc1S(=O)(=O)N1CCNCC1c1nccn1C.Cl. The third-order valence-corrected chi connectivity index (χ3v) is 6.37. The largest absolute Gasteiger partial charge is 0.337 e. The van der Waals surface area contributed by atoms with Crippen LogP contribution in [0.4, 0.5) is 0 Å². The Kier molecular flexibility index (Phi) is 5.93. The number of hydrogen-bond acceptors (Lipinski definition) is 4. The van der Waals surface area contributed by atoms with E-state index in [2.05, 4.69) is 10.3 Å². The highest BCUT2D eigenvalue weighted by Gasteiger charge is 2.37. The number of imidazole rings is 1. The molecule has 9 heteroatoms. The first-order valence-electron chi connectivity index (χ1n) is 7.37. The second-order valence-electron chi connectivity index (χ2n) is 5.64. The molecule has 3 rings (SSSR count). The van der Waals surface area contributed by atoms with Gasteiger partial charge >= 0.3 is 0 Å². The van der Waals surface area contributed by atoms with Gasteiger partial charge < -0.3 is 9.88 Å². The molecular formula is C15H20Cl2N4O2S. The molecule has 1 atom stereocenters. The minimum absolute atomic E-state index is 0. The Morgan fingerprint density at radius 1 is 1.38 bits per heavy atom. The van der Waals surface area contributed by atoms with Gasteiger partial charge in [0.2, 0.25) is 10.0 Å². The number of sulfonamides is 1. The zero-order valence-electron chi connectivity index (χ0n) is 13.4. The van der Waals surface area contributed by atoms with Gasteiger partial charge in [-0.1, -0.05) is 17.7 Å². The fraction of sp³-hybridized carbons (Fsp3) is 0.400. The van der Waals surface area contributed by atoms with Crippen molar-refractivity contribution >= 4 is 34.0 Å². The highest BCUT2D eigenvalue weighted by molar-refractivity contribution is 7.89. The van der Waals surface area contributed by atoms with Crippen LogP contribution in [0.2, 0.25) is 5.02 Å². The van der Waals surface area contributed by atoms with E-state index in [4.69, 9.17) is 11.6 Å². The first-order chi connectivity index (χ1) is 10.9. The summed E-state index contributed by atoms with van der Waals surface area (Å²) in [5, 5.41) is 3.66. The minimum atomic E-state index is -3.65. The van der Waals surface area contributed by atoms with Gasteiger partial charge in [-0.3, -0.25) is 0 Å². The summed E-state index contributed by atoms with van der Waals surface area (Å²) in [6, 6.07) is 4.60. The molecule has 0 aliphatic carbocycles.